The second-order valence-corrected chi connectivity index (χ2v) is 7.74. The van der Waals surface area contributed by atoms with E-state index in [0.717, 1.165) is 31.7 Å². The Hall–Kier alpha value is -1.10. The molecular formula is C21H34N2O2. The van der Waals surface area contributed by atoms with Gasteiger partial charge < -0.3 is 19.7 Å². The number of methoxy groups -OCH3 is 1. The summed E-state index contributed by atoms with van der Waals surface area (Å²) < 4.78 is 11.2. The van der Waals surface area contributed by atoms with Crippen molar-refractivity contribution in [3.63, 3.8) is 0 Å². The zero-order chi connectivity index (χ0) is 17.6. The van der Waals surface area contributed by atoms with Crippen LogP contribution in [0.25, 0.3) is 0 Å². The van der Waals surface area contributed by atoms with Gasteiger partial charge in [-0.05, 0) is 76.2 Å². The molecule has 1 unspecified atom stereocenters. The van der Waals surface area contributed by atoms with Crippen molar-refractivity contribution < 1.29 is 9.47 Å². The van der Waals surface area contributed by atoms with Crippen molar-refractivity contribution in [1.82, 2.24) is 10.2 Å². The summed E-state index contributed by atoms with van der Waals surface area (Å²) in [6.07, 6.45) is 6.33. The number of benzene rings is 1. The van der Waals surface area contributed by atoms with E-state index in [4.69, 9.17) is 9.47 Å². The maximum atomic E-state index is 5.68. The van der Waals surface area contributed by atoms with E-state index < -0.39 is 0 Å². The molecule has 1 fully saturated rings. The van der Waals surface area contributed by atoms with Gasteiger partial charge in [0.15, 0.2) is 0 Å². The molecular weight excluding hydrogens is 312 g/mol. The van der Waals surface area contributed by atoms with Crippen LogP contribution in [0.3, 0.4) is 0 Å². The SMILES string of the molecule is COc1cccc2c1CCC(NC1CCN(CCOC(C)C)CC1)C2. The topological polar surface area (TPSA) is 33.7 Å². The van der Waals surface area contributed by atoms with E-state index in [1.165, 1.54) is 43.5 Å². The van der Waals surface area contributed by atoms with Gasteiger partial charge in [0.1, 0.15) is 5.75 Å². The summed E-state index contributed by atoms with van der Waals surface area (Å²) in [6, 6.07) is 7.76. The maximum absolute atomic E-state index is 5.68. The minimum atomic E-state index is 0.340. The second kappa shape index (κ2) is 9.02. The third-order valence-electron chi connectivity index (χ3n) is 5.58. The van der Waals surface area contributed by atoms with Gasteiger partial charge in [-0.25, -0.2) is 0 Å². The van der Waals surface area contributed by atoms with E-state index in [1.54, 1.807) is 7.11 Å². The summed E-state index contributed by atoms with van der Waals surface area (Å²) in [5.41, 5.74) is 2.88. The number of hydrogen-bond acceptors (Lipinski definition) is 4. The molecule has 1 aromatic carbocycles. The Labute approximate surface area is 152 Å². The van der Waals surface area contributed by atoms with Crippen LogP contribution >= 0.6 is 0 Å². The lowest BCUT2D eigenvalue weighted by atomic mass is 9.87. The molecule has 1 N–H and O–H groups in total. The Bertz CT molecular complexity index is 539. The molecule has 3 rings (SSSR count). The van der Waals surface area contributed by atoms with Gasteiger partial charge in [-0.2, -0.15) is 0 Å². The quantitative estimate of drug-likeness (QED) is 0.823. The molecule has 4 heteroatoms. The van der Waals surface area contributed by atoms with Crippen molar-refractivity contribution in [2.75, 3.05) is 33.4 Å². The largest absolute Gasteiger partial charge is 0.496 e. The molecule has 0 saturated carbocycles. The molecule has 1 aromatic rings. The van der Waals surface area contributed by atoms with E-state index in [1.807, 2.05) is 0 Å². The summed E-state index contributed by atoms with van der Waals surface area (Å²) in [6.45, 7) is 8.52. The van der Waals surface area contributed by atoms with Crippen LogP contribution < -0.4 is 10.1 Å². The normalized spacial score (nSPS) is 22.2. The summed E-state index contributed by atoms with van der Waals surface area (Å²) in [5.74, 6) is 1.06. The standard InChI is InChI=1S/C21H34N2O2/c1-16(2)25-14-13-23-11-9-18(10-12-23)22-19-7-8-20-17(15-19)5-4-6-21(20)24-3/h4-6,16,18-19,22H,7-15H2,1-3H3. The van der Waals surface area contributed by atoms with Crippen molar-refractivity contribution in [3.05, 3.63) is 29.3 Å². The second-order valence-electron chi connectivity index (χ2n) is 7.74. The Morgan fingerprint density at radius 3 is 2.68 bits per heavy atom. The summed E-state index contributed by atoms with van der Waals surface area (Å²) >= 11 is 0. The van der Waals surface area contributed by atoms with Crippen LogP contribution in [0.4, 0.5) is 0 Å². The van der Waals surface area contributed by atoms with Crippen LogP contribution in [0.2, 0.25) is 0 Å². The predicted molar refractivity (Wildman–Crippen MR) is 102 cm³/mol. The number of rotatable bonds is 7. The fourth-order valence-electron chi connectivity index (χ4n) is 4.18. The van der Waals surface area contributed by atoms with Crippen molar-refractivity contribution in [1.29, 1.82) is 0 Å². The highest BCUT2D eigenvalue weighted by Crippen LogP contribution is 2.30. The first-order chi connectivity index (χ1) is 12.2. The smallest absolute Gasteiger partial charge is 0.122 e. The van der Waals surface area contributed by atoms with E-state index in [9.17, 15) is 0 Å². The average molecular weight is 347 g/mol. The number of nitrogens with one attached hydrogen (secondary N) is 1. The van der Waals surface area contributed by atoms with Crippen LogP contribution in [0.5, 0.6) is 5.75 Å². The molecule has 0 radical (unpaired) electrons. The third kappa shape index (κ3) is 5.19. The van der Waals surface area contributed by atoms with Crippen LogP contribution in [0.15, 0.2) is 18.2 Å². The number of nitrogens with zero attached hydrogens (tertiary/aromatic N) is 1. The third-order valence-corrected chi connectivity index (χ3v) is 5.58. The molecule has 1 aliphatic heterocycles. The summed E-state index contributed by atoms with van der Waals surface area (Å²) in [7, 11) is 1.78. The monoisotopic (exact) mass is 346 g/mol. The zero-order valence-corrected chi connectivity index (χ0v) is 16.1. The average Bonchev–Trinajstić information content (AvgIpc) is 2.62. The van der Waals surface area contributed by atoms with Gasteiger partial charge >= 0.3 is 0 Å². The Morgan fingerprint density at radius 1 is 1.16 bits per heavy atom. The van der Waals surface area contributed by atoms with Gasteiger partial charge in [-0.1, -0.05) is 12.1 Å². The first kappa shape index (κ1) is 18.7. The Kier molecular flexibility index (Phi) is 6.74. The lowest BCUT2D eigenvalue weighted by molar-refractivity contribution is 0.0521. The molecule has 1 atom stereocenters. The van der Waals surface area contributed by atoms with Gasteiger partial charge in [0.25, 0.3) is 0 Å². The minimum Gasteiger partial charge on any atom is -0.496 e. The lowest BCUT2D eigenvalue weighted by Gasteiger charge is -2.36. The van der Waals surface area contributed by atoms with Crippen LogP contribution in [-0.4, -0.2) is 56.4 Å². The van der Waals surface area contributed by atoms with E-state index in [0.29, 0.717) is 18.2 Å². The van der Waals surface area contributed by atoms with Crippen molar-refractivity contribution in [2.24, 2.45) is 0 Å². The van der Waals surface area contributed by atoms with Crippen molar-refractivity contribution in [3.8, 4) is 5.75 Å². The molecule has 1 heterocycles. The lowest BCUT2D eigenvalue weighted by Crippen LogP contribution is -2.48. The molecule has 0 aromatic heterocycles. The fraction of sp³-hybridized carbons (Fsp3) is 0.714. The highest BCUT2D eigenvalue weighted by atomic mass is 16.5. The molecule has 1 saturated heterocycles. The molecule has 4 nitrogen and oxygen atoms in total. The van der Waals surface area contributed by atoms with Crippen LogP contribution in [0.1, 0.15) is 44.2 Å². The molecule has 140 valence electrons. The molecule has 1 aliphatic carbocycles. The zero-order valence-electron chi connectivity index (χ0n) is 16.1. The van der Waals surface area contributed by atoms with Crippen LogP contribution in [0, 0.1) is 0 Å². The summed E-state index contributed by atoms with van der Waals surface area (Å²) in [4.78, 5) is 2.54. The highest BCUT2D eigenvalue weighted by molar-refractivity contribution is 5.42. The molecule has 25 heavy (non-hydrogen) atoms. The highest BCUT2D eigenvalue weighted by Gasteiger charge is 2.25. The molecule has 0 bridgehead atoms. The number of fused-ring (bicyclic) bond motifs is 1. The minimum absolute atomic E-state index is 0.340. The summed E-state index contributed by atoms with van der Waals surface area (Å²) in [5, 5.41) is 3.93. The first-order valence-electron chi connectivity index (χ1n) is 9.90. The predicted octanol–water partition coefficient (Wildman–Crippen LogP) is 3.03. The maximum Gasteiger partial charge on any atom is 0.122 e. The van der Waals surface area contributed by atoms with Crippen molar-refractivity contribution in [2.45, 2.75) is 64.1 Å². The molecule has 0 amide bonds. The first-order valence-corrected chi connectivity index (χ1v) is 9.90. The van der Waals surface area contributed by atoms with Crippen LogP contribution in [-0.2, 0) is 17.6 Å². The van der Waals surface area contributed by atoms with Crippen molar-refractivity contribution >= 4 is 0 Å². The van der Waals surface area contributed by atoms with Gasteiger partial charge in [-0.15, -0.1) is 0 Å². The molecule has 0 spiro atoms. The Morgan fingerprint density at radius 2 is 1.96 bits per heavy atom. The van der Waals surface area contributed by atoms with Gasteiger partial charge in [0, 0.05) is 18.6 Å². The number of piperidine rings is 1. The van der Waals surface area contributed by atoms with E-state index in [2.05, 4.69) is 42.3 Å². The Balaban J connectivity index is 1.42. The molecule has 2 aliphatic rings. The van der Waals surface area contributed by atoms with E-state index >= 15 is 0 Å². The van der Waals surface area contributed by atoms with Gasteiger partial charge in [0.2, 0.25) is 0 Å². The number of hydrogen-bond donors (Lipinski definition) is 1. The van der Waals surface area contributed by atoms with Gasteiger partial charge in [-0.3, -0.25) is 0 Å². The number of ether oxygens (including phenoxy) is 2. The fourth-order valence-corrected chi connectivity index (χ4v) is 4.18. The van der Waals surface area contributed by atoms with E-state index in [-0.39, 0.29) is 0 Å². The number of likely N-dealkylation sites (tertiary alicyclic amines) is 1. The van der Waals surface area contributed by atoms with Gasteiger partial charge in [0.05, 0.1) is 19.8 Å².